The van der Waals surface area contributed by atoms with Gasteiger partial charge in [-0.05, 0) is 101 Å². The number of nitrogens with one attached hydrogen (secondary N) is 3. The number of pyridine rings is 4. The molecule has 0 radical (unpaired) electrons. The Hall–Kier alpha value is -6.44. The largest absolute Gasteiger partial charge is 0.398 e. The van der Waals surface area contributed by atoms with Crippen LogP contribution in [-0.2, 0) is 30.2 Å². The normalized spacial score (nSPS) is 18.8. The summed E-state index contributed by atoms with van der Waals surface area (Å²) in [6, 6.07) is 14.2. The molecule has 54 heavy (non-hydrogen) atoms. The minimum atomic E-state index is -1.16. The van der Waals surface area contributed by atoms with E-state index >= 15 is 0 Å². The third-order valence-corrected chi connectivity index (χ3v) is 10.2. The molecule has 14 heteroatoms. The number of amides is 2. The third-order valence-electron chi connectivity index (χ3n) is 10.2. The number of carbonyl (C=O) groups excluding carboxylic acids is 2. The first kappa shape index (κ1) is 34.6. The molecule has 2 aliphatic rings. The number of aromatic nitrogens is 4. The van der Waals surface area contributed by atoms with Crippen LogP contribution in [0.25, 0.3) is 43.8 Å². The summed E-state index contributed by atoms with van der Waals surface area (Å²) in [5.41, 5.74) is 10.5. The van der Waals surface area contributed by atoms with Crippen molar-refractivity contribution in [2.75, 3.05) is 21.7 Å². The van der Waals surface area contributed by atoms with Gasteiger partial charge < -0.3 is 30.8 Å². The average Bonchev–Trinajstić information content (AvgIpc) is 4.07. The molecular formula is C40H36F2N8O4. The van der Waals surface area contributed by atoms with Crippen LogP contribution in [0.3, 0.4) is 0 Å². The predicted molar refractivity (Wildman–Crippen MR) is 205 cm³/mol. The molecular weight excluding hydrogens is 694 g/mol. The topological polar surface area (TPSA) is 166 Å². The Morgan fingerprint density at radius 1 is 0.778 bits per heavy atom. The summed E-state index contributed by atoms with van der Waals surface area (Å²) in [6.45, 7) is 2.03. The van der Waals surface area contributed by atoms with Gasteiger partial charge in [0.2, 0.25) is 11.8 Å². The highest BCUT2D eigenvalue weighted by Crippen LogP contribution is 2.37. The zero-order valence-corrected chi connectivity index (χ0v) is 29.6. The summed E-state index contributed by atoms with van der Waals surface area (Å²) in [5.74, 6) is -1.74. The van der Waals surface area contributed by atoms with Crippen LogP contribution in [0.15, 0.2) is 82.9 Å². The van der Waals surface area contributed by atoms with Gasteiger partial charge in [-0.2, -0.15) is 0 Å². The first-order valence-electron chi connectivity index (χ1n) is 17.5. The molecule has 2 fully saturated rings. The Morgan fingerprint density at radius 2 is 1.30 bits per heavy atom. The number of hydrogen-bond donors (Lipinski definition) is 4. The highest BCUT2D eigenvalue weighted by Gasteiger charge is 2.44. The van der Waals surface area contributed by atoms with Crippen molar-refractivity contribution in [3.8, 4) is 22.3 Å². The second kappa shape index (κ2) is 13.2. The number of nitrogens with two attached hydrogens (primary N) is 1. The number of carbonyl (C=O) groups is 2. The van der Waals surface area contributed by atoms with Crippen molar-refractivity contribution in [2.24, 2.45) is 25.9 Å². The number of rotatable bonds is 9. The molecule has 2 amide bonds. The molecule has 0 aliphatic heterocycles. The molecule has 4 atom stereocenters. The van der Waals surface area contributed by atoms with Gasteiger partial charge in [-0.15, -0.1) is 0 Å². The van der Waals surface area contributed by atoms with Crippen molar-refractivity contribution >= 4 is 56.4 Å². The highest BCUT2D eigenvalue weighted by molar-refractivity contribution is 6.02. The maximum absolute atomic E-state index is 13.8. The van der Waals surface area contributed by atoms with Crippen LogP contribution in [0.2, 0.25) is 0 Å². The van der Waals surface area contributed by atoms with Gasteiger partial charge in [-0.3, -0.25) is 19.2 Å². The fourth-order valence-corrected chi connectivity index (χ4v) is 6.81. The van der Waals surface area contributed by atoms with Crippen LogP contribution in [-0.4, -0.2) is 43.3 Å². The number of anilines is 4. The minimum Gasteiger partial charge on any atom is -0.398 e. The number of fused-ring (bicyclic) bond motifs is 2. The Kier molecular flexibility index (Phi) is 8.47. The number of halogens is 2. The van der Waals surface area contributed by atoms with E-state index in [4.69, 9.17) is 5.73 Å². The molecule has 274 valence electrons. The van der Waals surface area contributed by atoms with E-state index in [1.54, 1.807) is 57.0 Å². The van der Waals surface area contributed by atoms with Crippen molar-refractivity contribution in [3.63, 3.8) is 0 Å². The monoisotopic (exact) mass is 730 g/mol. The van der Waals surface area contributed by atoms with Gasteiger partial charge in [0, 0.05) is 67.6 Å². The van der Waals surface area contributed by atoms with E-state index < -0.39 is 36.0 Å². The summed E-state index contributed by atoms with van der Waals surface area (Å²) in [5, 5.41) is 11.5. The fourth-order valence-electron chi connectivity index (χ4n) is 6.81. The molecule has 4 aromatic heterocycles. The number of alkyl halides is 2. The Bertz CT molecular complexity index is 2670. The summed E-state index contributed by atoms with van der Waals surface area (Å²) in [7, 11) is 3.33. The van der Waals surface area contributed by atoms with Crippen LogP contribution in [0.1, 0.15) is 24.0 Å². The third kappa shape index (κ3) is 6.44. The number of nitrogens with zero attached hydrogens (tertiary/aromatic N) is 4. The fraction of sp³-hybridized carbons (Fsp3) is 0.250. The van der Waals surface area contributed by atoms with E-state index in [2.05, 4.69) is 25.9 Å². The number of benzene rings is 2. The van der Waals surface area contributed by atoms with Crippen molar-refractivity contribution in [1.29, 1.82) is 0 Å². The SMILES string of the molecule is Cc1ccn(C)c(=O)c1-c1cc(NCc2ccn(C)c(=O)c2-c2cc(N)c3cnc(NC(=O)[C@@H]4C[C@H]4F)cc3c2)c2cnc(NC(=O)[C@H]3C[C@@H]3F)cc2c1. The van der Waals surface area contributed by atoms with E-state index in [0.717, 1.165) is 5.56 Å². The van der Waals surface area contributed by atoms with Gasteiger partial charge >= 0.3 is 0 Å². The molecule has 0 saturated heterocycles. The van der Waals surface area contributed by atoms with Crippen molar-refractivity contribution in [2.45, 2.75) is 38.7 Å². The molecule has 2 saturated carbocycles. The molecule has 6 aromatic rings. The predicted octanol–water partition coefficient (Wildman–Crippen LogP) is 5.61. The molecule has 2 aromatic carbocycles. The second-order valence-corrected chi connectivity index (χ2v) is 14.1. The summed E-state index contributed by atoms with van der Waals surface area (Å²) in [4.78, 5) is 60.9. The lowest BCUT2D eigenvalue weighted by molar-refractivity contribution is -0.118. The molecule has 0 spiro atoms. The van der Waals surface area contributed by atoms with E-state index in [0.29, 0.717) is 60.7 Å². The summed E-state index contributed by atoms with van der Waals surface area (Å²) in [6.07, 6.45) is 4.57. The molecule has 2 aliphatic carbocycles. The van der Waals surface area contributed by atoms with Crippen molar-refractivity contribution < 1.29 is 18.4 Å². The van der Waals surface area contributed by atoms with Crippen molar-refractivity contribution in [1.82, 2.24) is 19.1 Å². The summed E-state index contributed by atoms with van der Waals surface area (Å²) >= 11 is 0. The molecule has 8 rings (SSSR count). The Morgan fingerprint density at radius 3 is 1.89 bits per heavy atom. The molecule has 4 heterocycles. The van der Waals surface area contributed by atoms with Crippen LogP contribution in [0.4, 0.5) is 31.8 Å². The number of aryl methyl sites for hydroxylation is 3. The summed E-state index contributed by atoms with van der Waals surface area (Å²) < 4.78 is 30.1. The van der Waals surface area contributed by atoms with Gasteiger partial charge in [0.25, 0.3) is 11.1 Å². The van der Waals surface area contributed by atoms with E-state index in [-0.39, 0.29) is 42.1 Å². The quantitative estimate of drug-likeness (QED) is 0.139. The lowest BCUT2D eigenvalue weighted by Crippen LogP contribution is -2.21. The molecule has 0 bridgehead atoms. The van der Waals surface area contributed by atoms with E-state index in [1.165, 1.54) is 15.3 Å². The standard InChI is InChI=1S/C40H36F2N8O4/c1-19-4-6-49(2)39(53)35(19)24-9-22-13-34(48-38(52)26-15-30(26)42)46-18-28(22)32(11-24)44-16-20-5-7-50(3)40(54)36(20)23-8-21-12-33(45-17-27(21)31(43)10-23)47-37(51)25-14-29(25)41/h4-13,17-18,25-26,29-30,44H,14-16,43H2,1-3H3,(H,45,47,51)(H,46,48,52)/t25-,26+,29-,30+/m1/s1. The molecule has 0 unspecified atom stereocenters. The average molecular weight is 731 g/mol. The first-order chi connectivity index (χ1) is 25.9. The van der Waals surface area contributed by atoms with Crippen LogP contribution >= 0.6 is 0 Å². The maximum atomic E-state index is 13.8. The highest BCUT2D eigenvalue weighted by atomic mass is 19.1. The lowest BCUT2D eigenvalue weighted by atomic mass is 9.97. The lowest BCUT2D eigenvalue weighted by Gasteiger charge is -2.17. The maximum Gasteiger partial charge on any atom is 0.258 e. The zero-order chi connectivity index (χ0) is 38.0. The minimum absolute atomic E-state index is 0.176. The van der Waals surface area contributed by atoms with Gasteiger partial charge in [0.15, 0.2) is 0 Å². The van der Waals surface area contributed by atoms with Crippen LogP contribution in [0, 0.1) is 18.8 Å². The van der Waals surface area contributed by atoms with Gasteiger partial charge in [-0.25, -0.2) is 18.7 Å². The molecule has 12 nitrogen and oxygen atoms in total. The Labute approximate surface area is 307 Å². The zero-order valence-electron chi connectivity index (χ0n) is 29.6. The molecule has 5 N–H and O–H groups in total. The number of hydrogen-bond acceptors (Lipinski definition) is 8. The number of nitrogen functional groups attached to an aromatic ring is 1. The Balaban J connectivity index is 1.18. The van der Waals surface area contributed by atoms with E-state index in [1.807, 2.05) is 31.2 Å². The van der Waals surface area contributed by atoms with Crippen LogP contribution < -0.4 is 32.8 Å². The van der Waals surface area contributed by atoms with E-state index in [9.17, 15) is 28.0 Å². The smallest absolute Gasteiger partial charge is 0.258 e. The van der Waals surface area contributed by atoms with Crippen LogP contribution in [0.5, 0.6) is 0 Å². The van der Waals surface area contributed by atoms with Crippen molar-refractivity contribution in [3.05, 3.63) is 105 Å². The first-order valence-corrected chi connectivity index (χ1v) is 17.5. The van der Waals surface area contributed by atoms with Gasteiger partial charge in [0.1, 0.15) is 24.0 Å². The van der Waals surface area contributed by atoms with Gasteiger partial charge in [-0.1, -0.05) is 0 Å². The van der Waals surface area contributed by atoms with Gasteiger partial charge in [0.05, 0.1) is 23.0 Å². The second-order valence-electron chi connectivity index (χ2n) is 14.1.